The van der Waals surface area contributed by atoms with Crippen molar-refractivity contribution in [3.63, 3.8) is 0 Å². The van der Waals surface area contributed by atoms with Gasteiger partial charge < -0.3 is 5.32 Å². The van der Waals surface area contributed by atoms with Crippen molar-refractivity contribution >= 4 is 11.3 Å². The Balaban J connectivity index is 1.91. The Hall–Kier alpha value is -0.450. The van der Waals surface area contributed by atoms with E-state index in [9.17, 15) is 0 Å². The summed E-state index contributed by atoms with van der Waals surface area (Å²) >= 11 is 1.79. The van der Waals surface area contributed by atoms with E-state index in [2.05, 4.69) is 41.4 Å². The molecule has 1 aromatic rings. The molecule has 0 radical (unpaired) electrons. The van der Waals surface area contributed by atoms with Crippen molar-refractivity contribution in [2.24, 2.45) is 5.92 Å². The van der Waals surface area contributed by atoms with E-state index >= 15 is 0 Å². The quantitative estimate of drug-likeness (QED) is 0.859. The first-order chi connectivity index (χ1) is 8.63. The van der Waals surface area contributed by atoms with Gasteiger partial charge in [-0.15, -0.1) is 11.3 Å². The predicted molar refractivity (Wildman–Crippen MR) is 78.0 cm³/mol. The van der Waals surface area contributed by atoms with Crippen molar-refractivity contribution in [1.29, 1.82) is 0 Å². The first-order valence-corrected chi connectivity index (χ1v) is 7.88. The van der Waals surface area contributed by atoms with Gasteiger partial charge in [-0.2, -0.15) is 0 Å². The maximum absolute atomic E-state index is 4.59. The molecule has 102 valence electrons. The van der Waals surface area contributed by atoms with Crippen LogP contribution in [0.15, 0.2) is 5.38 Å². The standard InChI is InChI=1S/C14H25N3S/c1-11(2)7-17(8-13-5-4-6-15-13)9-14-16-12(3)10-18-14/h10-11,13,15H,4-9H2,1-3H3. The second-order valence-corrected chi connectivity index (χ2v) is 6.71. The summed E-state index contributed by atoms with van der Waals surface area (Å²) in [6, 6.07) is 0.685. The molecule has 18 heavy (non-hydrogen) atoms. The zero-order valence-electron chi connectivity index (χ0n) is 11.8. The van der Waals surface area contributed by atoms with Crippen LogP contribution in [0.2, 0.25) is 0 Å². The Morgan fingerprint density at radius 1 is 1.56 bits per heavy atom. The molecule has 1 saturated heterocycles. The van der Waals surface area contributed by atoms with Crippen LogP contribution in [0.3, 0.4) is 0 Å². The van der Waals surface area contributed by atoms with Crippen LogP contribution in [0, 0.1) is 12.8 Å². The molecule has 0 aliphatic carbocycles. The van der Waals surface area contributed by atoms with Gasteiger partial charge in [-0.1, -0.05) is 13.8 Å². The monoisotopic (exact) mass is 267 g/mol. The fourth-order valence-electron chi connectivity index (χ4n) is 2.61. The maximum atomic E-state index is 4.59. The second kappa shape index (κ2) is 6.64. The minimum Gasteiger partial charge on any atom is -0.313 e. The molecule has 3 nitrogen and oxygen atoms in total. The summed E-state index contributed by atoms with van der Waals surface area (Å²) in [5.41, 5.74) is 1.15. The summed E-state index contributed by atoms with van der Waals surface area (Å²) in [5, 5.41) is 7.00. The molecule has 1 atom stereocenters. The van der Waals surface area contributed by atoms with E-state index in [0.29, 0.717) is 12.0 Å². The summed E-state index contributed by atoms with van der Waals surface area (Å²) in [6.07, 6.45) is 2.65. The summed E-state index contributed by atoms with van der Waals surface area (Å²) in [4.78, 5) is 7.15. The molecule has 2 heterocycles. The molecule has 1 aromatic heterocycles. The number of thiazole rings is 1. The van der Waals surface area contributed by atoms with Gasteiger partial charge in [0.15, 0.2) is 0 Å². The van der Waals surface area contributed by atoms with Crippen LogP contribution in [0.4, 0.5) is 0 Å². The fraction of sp³-hybridized carbons (Fsp3) is 0.786. The third kappa shape index (κ3) is 4.34. The van der Waals surface area contributed by atoms with Gasteiger partial charge in [0.25, 0.3) is 0 Å². The van der Waals surface area contributed by atoms with E-state index in [4.69, 9.17) is 0 Å². The lowest BCUT2D eigenvalue weighted by Gasteiger charge is -2.26. The first-order valence-electron chi connectivity index (χ1n) is 7.00. The molecule has 1 fully saturated rings. The molecule has 1 N–H and O–H groups in total. The Morgan fingerprint density at radius 2 is 2.39 bits per heavy atom. The summed E-state index contributed by atoms with van der Waals surface area (Å²) < 4.78 is 0. The molecule has 1 aliphatic rings. The molecule has 1 unspecified atom stereocenters. The van der Waals surface area contributed by atoms with Crippen molar-refractivity contribution in [1.82, 2.24) is 15.2 Å². The molecular weight excluding hydrogens is 242 g/mol. The van der Waals surface area contributed by atoms with Crippen molar-refractivity contribution in [2.75, 3.05) is 19.6 Å². The molecule has 1 aliphatic heterocycles. The van der Waals surface area contributed by atoms with Crippen LogP contribution >= 0.6 is 11.3 Å². The Bertz CT molecular complexity index is 356. The van der Waals surface area contributed by atoms with Gasteiger partial charge in [0, 0.05) is 30.2 Å². The van der Waals surface area contributed by atoms with Crippen molar-refractivity contribution in [3.8, 4) is 0 Å². The molecular formula is C14H25N3S. The highest BCUT2D eigenvalue weighted by molar-refractivity contribution is 7.09. The molecule has 4 heteroatoms. The Morgan fingerprint density at radius 3 is 2.94 bits per heavy atom. The second-order valence-electron chi connectivity index (χ2n) is 5.76. The lowest BCUT2D eigenvalue weighted by Crippen LogP contribution is -2.38. The normalized spacial score (nSPS) is 20.2. The van der Waals surface area contributed by atoms with Gasteiger partial charge in [-0.05, 0) is 32.2 Å². The minimum absolute atomic E-state index is 0.685. The molecule has 0 amide bonds. The van der Waals surface area contributed by atoms with E-state index in [1.165, 1.54) is 24.4 Å². The number of aryl methyl sites for hydroxylation is 1. The lowest BCUT2D eigenvalue weighted by atomic mass is 10.1. The van der Waals surface area contributed by atoms with E-state index in [0.717, 1.165) is 25.3 Å². The third-order valence-corrected chi connectivity index (χ3v) is 4.24. The fourth-order valence-corrected chi connectivity index (χ4v) is 3.42. The lowest BCUT2D eigenvalue weighted by molar-refractivity contribution is 0.216. The smallest absolute Gasteiger partial charge is 0.107 e. The van der Waals surface area contributed by atoms with Crippen LogP contribution in [0.1, 0.15) is 37.4 Å². The highest BCUT2D eigenvalue weighted by atomic mass is 32.1. The Labute approximate surface area is 115 Å². The average molecular weight is 267 g/mol. The number of nitrogens with one attached hydrogen (secondary N) is 1. The van der Waals surface area contributed by atoms with Gasteiger partial charge in [-0.25, -0.2) is 4.98 Å². The van der Waals surface area contributed by atoms with Crippen molar-refractivity contribution in [2.45, 2.75) is 46.2 Å². The average Bonchev–Trinajstić information content (AvgIpc) is 2.89. The summed E-state index contributed by atoms with van der Waals surface area (Å²) in [5.74, 6) is 0.715. The van der Waals surface area contributed by atoms with Crippen molar-refractivity contribution in [3.05, 3.63) is 16.1 Å². The number of nitrogens with zero attached hydrogens (tertiary/aromatic N) is 2. The van der Waals surface area contributed by atoms with Crippen LogP contribution < -0.4 is 5.32 Å². The maximum Gasteiger partial charge on any atom is 0.107 e. The van der Waals surface area contributed by atoms with Crippen LogP contribution in [-0.2, 0) is 6.54 Å². The van der Waals surface area contributed by atoms with Crippen molar-refractivity contribution < 1.29 is 0 Å². The zero-order chi connectivity index (χ0) is 13.0. The van der Waals surface area contributed by atoms with Gasteiger partial charge in [0.1, 0.15) is 5.01 Å². The third-order valence-electron chi connectivity index (χ3n) is 3.29. The molecule has 0 aromatic carbocycles. The Kier molecular flexibility index (Phi) is 5.15. The number of hydrogen-bond acceptors (Lipinski definition) is 4. The largest absolute Gasteiger partial charge is 0.313 e. The minimum atomic E-state index is 0.685. The van der Waals surface area contributed by atoms with E-state index in [-0.39, 0.29) is 0 Å². The van der Waals surface area contributed by atoms with E-state index < -0.39 is 0 Å². The van der Waals surface area contributed by atoms with Gasteiger partial charge >= 0.3 is 0 Å². The molecule has 0 saturated carbocycles. The van der Waals surface area contributed by atoms with Crippen LogP contribution in [0.5, 0.6) is 0 Å². The van der Waals surface area contributed by atoms with Crippen LogP contribution in [0.25, 0.3) is 0 Å². The van der Waals surface area contributed by atoms with Gasteiger partial charge in [-0.3, -0.25) is 4.90 Å². The van der Waals surface area contributed by atoms with Gasteiger partial charge in [0.05, 0.1) is 6.54 Å². The van der Waals surface area contributed by atoms with E-state index in [1.54, 1.807) is 11.3 Å². The van der Waals surface area contributed by atoms with Gasteiger partial charge in [0.2, 0.25) is 0 Å². The number of hydrogen-bond donors (Lipinski definition) is 1. The highest BCUT2D eigenvalue weighted by Crippen LogP contribution is 2.15. The highest BCUT2D eigenvalue weighted by Gasteiger charge is 2.19. The van der Waals surface area contributed by atoms with Crippen LogP contribution in [-0.4, -0.2) is 35.6 Å². The van der Waals surface area contributed by atoms with E-state index in [1.807, 2.05) is 0 Å². The molecule has 2 rings (SSSR count). The first kappa shape index (κ1) is 14.0. The number of aromatic nitrogens is 1. The molecule has 0 spiro atoms. The summed E-state index contributed by atoms with van der Waals surface area (Å²) in [7, 11) is 0. The molecule has 0 bridgehead atoms. The topological polar surface area (TPSA) is 28.2 Å². The SMILES string of the molecule is Cc1csc(CN(CC(C)C)CC2CCCN2)n1. The summed E-state index contributed by atoms with van der Waals surface area (Å²) in [6.45, 7) is 11.2. The zero-order valence-corrected chi connectivity index (χ0v) is 12.6. The number of rotatable bonds is 6. The predicted octanol–water partition coefficient (Wildman–Crippen LogP) is 2.66.